The predicted octanol–water partition coefficient (Wildman–Crippen LogP) is 3.89. The maximum atomic E-state index is 12.4. The van der Waals surface area contributed by atoms with Gasteiger partial charge in [0.1, 0.15) is 18.3 Å². The van der Waals surface area contributed by atoms with Crippen LogP contribution in [-0.2, 0) is 4.79 Å². The second kappa shape index (κ2) is 9.09. The first-order chi connectivity index (χ1) is 12.0. The van der Waals surface area contributed by atoms with Crippen molar-refractivity contribution in [3.8, 4) is 22.9 Å². The smallest absolute Gasteiger partial charge is 0.243 e. The third kappa shape index (κ3) is 5.23. The summed E-state index contributed by atoms with van der Waals surface area (Å²) < 4.78 is 5.20. The highest BCUT2D eigenvalue weighted by molar-refractivity contribution is 7.08. The van der Waals surface area contributed by atoms with Crippen LogP contribution in [0.15, 0.2) is 35.0 Å². The minimum absolute atomic E-state index is 0.0179. The van der Waals surface area contributed by atoms with Gasteiger partial charge in [-0.15, -0.1) is 11.3 Å². The second-order valence-electron chi connectivity index (χ2n) is 6.13. The fourth-order valence-corrected chi connectivity index (χ4v) is 3.34. The standard InChI is InChI=1S/C19H23N3O2S/c1-13(2)10-17(19(23)21-9-8-20)22-18-12-25-11-16(18)14-4-6-15(24-3)7-5-14/h4-7,11-13,17,22H,9-10H2,1-3H3,(H,21,23)/t17-/m0/s1. The molecule has 0 saturated carbocycles. The SMILES string of the molecule is COc1ccc(-c2cscc2N[C@@H](CC(C)C)C(=O)NCC#N)cc1. The monoisotopic (exact) mass is 357 g/mol. The highest BCUT2D eigenvalue weighted by Crippen LogP contribution is 2.33. The predicted molar refractivity (Wildman–Crippen MR) is 102 cm³/mol. The van der Waals surface area contributed by atoms with E-state index in [4.69, 9.17) is 10.00 Å². The van der Waals surface area contributed by atoms with E-state index in [0.29, 0.717) is 12.3 Å². The van der Waals surface area contributed by atoms with E-state index in [-0.39, 0.29) is 18.5 Å². The quantitative estimate of drug-likeness (QED) is 0.703. The lowest BCUT2D eigenvalue weighted by molar-refractivity contribution is -0.121. The van der Waals surface area contributed by atoms with Gasteiger partial charge in [-0.25, -0.2) is 0 Å². The van der Waals surface area contributed by atoms with Crippen LogP contribution < -0.4 is 15.4 Å². The Morgan fingerprint density at radius 3 is 2.60 bits per heavy atom. The number of ether oxygens (including phenoxy) is 1. The van der Waals surface area contributed by atoms with Gasteiger partial charge < -0.3 is 15.4 Å². The summed E-state index contributed by atoms with van der Waals surface area (Å²) >= 11 is 1.58. The number of methoxy groups -OCH3 is 1. The van der Waals surface area contributed by atoms with Crippen molar-refractivity contribution in [2.45, 2.75) is 26.3 Å². The molecule has 1 amide bonds. The first kappa shape index (κ1) is 18.8. The number of nitriles is 1. The summed E-state index contributed by atoms with van der Waals surface area (Å²) in [4.78, 5) is 12.4. The molecule has 0 spiro atoms. The molecule has 0 saturated heterocycles. The summed E-state index contributed by atoms with van der Waals surface area (Å²) in [5.41, 5.74) is 3.03. The van der Waals surface area contributed by atoms with Crippen LogP contribution in [0.3, 0.4) is 0 Å². The Bertz CT molecular complexity index is 732. The Morgan fingerprint density at radius 1 is 1.28 bits per heavy atom. The second-order valence-corrected chi connectivity index (χ2v) is 6.87. The average molecular weight is 357 g/mol. The zero-order chi connectivity index (χ0) is 18.2. The molecule has 0 bridgehead atoms. The number of benzene rings is 1. The highest BCUT2D eigenvalue weighted by atomic mass is 32.1. The van der Waals surface area contributed by atoms with E-state index in [2.05, 4.69) is 29.9 Å². The zero-order valence-electron chi connectivity index (χ0n) is 14.7. The van der Waals surface area contributed by atoms with Gasteiger partial charge >= 0.3 is 0 Å². The van der Waals surface area contributed by atoms with Gasteiger partial charge in [-0.2, -0.15) is 5.26 Å². The number of anilines is 1. The summed E-state index contributed by atoms with van der Waals surface area (Å²) in [5.74, 6) is 1.01. The Labute approximate surface area is 152 Å². The molecule has 0 aliphatic rings. The van der Waals surface area contributed by atoms with Crippen LogP contribution in [0, 0.1) is 17.2 Å². The summed E-state index contributed by atoms with van der Waals surface area (Å²) in [6.07, 6.45) is 0.690. The molecule has 1 atom stereocenters. The lowest BCUT2D eigenvalue weighted by Gasteiger charge is -2.21. The largest absolute Gasteiger partial charge is 0.497 e. The molecule has 132 valence electrons. The maximum absolute atomic E-state index is 12.4. The summed E-state index contributed by atoms with van der Waals surface area (Å²) in [6.45, 7) is 4.17. The Kier molecular flexibility index (Phi) is 6.84. The van der Waals surface area contributed by atoms with E-state index in [1.54, 1.807) is 18.4 Å². The van der Waals surface area contributed by atoms with E-state index in [1.807, 2.05) is 35.7 Å². The molecule has 0 fully saturated rings. The number of carbonyl (C=O) groups is 1. The van der Waals surface area contributed by atoms with Crippen molar-refractivity contribution in [2.24, 2.45) is 5.92 Å². The Morgan fingerprint density at radius 2 is 2.00 bits per heavy atom. The molecule has 0 unspecified atom stereocenters. The van der Waals surface area contributed by atoms with Crippen molar-refractivity contribution in [1.82, 2.24) is 5.32 Å². The molecule has 0 aliphatic carbocycles. The van der Waals surface area contributed by atoms with Gasteiger partial charge in [-0.05, 0) is 30.0 Å². The summed E-state index contributed by atoms with van der Waals surface area (Å²) in [7, 11) is 1.64. The van der Waals surface area contributed by atoms with Crippen molar-refractivity contribution in [3.63, 3.8) is 0 Å². The van der Waals surface area contributed by atoms with Gasteiger partial charge in [-0.1, -0.05) is 26.0 Å². The maximum Gasteiger partial charge on any atom is 0.243 e. The molecular formula is C19H23N3O2S. The molecule has 2 rings (SSSR count). The lowest BCUT2D eigenvalue weighted by atomic mass is 10.0. The number of rotatable bonds is 8. The van der Waals surface area contributed by atoms with Gasteiger partial charge in [0, 0.05) is 16.3 Å². The topological polar surface area (TPSA) is 74.2 Å². The number of thiophene rings is 1. The number of carbonyl (C=O) groups excluding carboxylic acids is 1. The fourth-order valence-electron chi connectivity index (χ4n) is 2.54. The third-order valence-electron chi connectivity index (χ3n) is 3.76. The number of amides is 1. The molecule has 1 heterocycles. The Balaban J connectivity index is 2.20. The molecule has 0 aliphatic heterocycles. The van der Waals surface area contributed by atoms with Gasteiger partial charge in [-0.3, -0.25) is 4.79 Å². The summed E-state index contributed by atoms with van der Waals surface area (Å²) in [5, 5.41) is 18.7. The van der Waals surface area contributed by atoms with E-state index >= 15 is 0 Å². The molecule has 1 aromatic carbocycles. The number of nitrogens with zero attached hydrogens (tertiary/aromatic N) is 1. The molecule has 25 heavy (non-hydrogen) atoms. The van der Waals surface area contributed by atoms with E-state index in [0.717, 1.165) is 22.6 Å². The van der Waals surface area contributed by atoms with E-state index in [9.17, 15) is 4.79 Å². The first-order valence-electron chi connectivity index (χ1n) is 8.17. The molecular weight excluding hydrogens is 334 g/mol. The van der Waals surface area contributed by atoms with Crippen molar-refractivity contribution < 1.29 is 9.53 Å². The van der Waals surface area contributed by atoms with Gasteiger partial charge in [0.2, 0.25) is 5.91 Å². The van der Waals surface area contributed by atoms with Crippen LogP contribution in [0.4, 0.5) is 5.69 Å². The molecule has 5 nitrogen and oxygen atoms in total. The number of hydrogen-bond donors (Lipinski definition) is 2. The fraction of sp³-hybridized carbons (Fsp3) is 0.368. The molecule has 2 N–H and O–H groups in total. The molecule has 1 aromatic heterocycles. The molecule has 2 aromatic rings. The number of hydrogen-bond acceptors (Lipinski definition) is 5. The lowest BCUT2D eigenvalue weighted by Crippen LogP contribution is -2.40. The first-order valence-corrected chi connectivity index (χ1v) is 9.11. The average Bonchev–Trinajstić information content (AvgIpc) is 3.07. The van der Waals surface area contributed by atoms with Gasteiger partial charge in [0.05, 0.1) is 18.9 Å². The third-order valence-corrected chi connectivity index (χ3v) is 4.50. The highest BCUT2D eigenvalue weighted by Gasteiger charge is 2.21. The Hall–Kier alpha value is -2.52. The van der Waals surface area contributed by atoms with Gasteiger partial charge in [0.25, 0.3) is 0 Å². The zero-order valence-corrected chi connectivity index (χ0v) is 15.5. The minimum atomic E-state index is -0.375. The van der Waals surface area contributed by atoms with Crippen LogP contribution >= 0.6 is 11.3 Å². The summed E-state index contributed by atoms with van der Waals surface area (Å²) in [6, 6.07) is 9.40. The normalized spacial score (nSPS) is 11.6. The van der Waals surface area contributed by atoms with Crippen LogP contribution in [0.25, 0.3) is 11.1 Å². The number of nitrogens with one attached hydrogen (secondary N) is 2. The molecule has 0 radical (unpaired) electrons. The van der Waals surface area contributed by atoms with Crippen LogP contribution in [-0.4, -0.2) is 25.6 Å². The van der Waals surface area contributed by atoms with Crippen molar-refractivity contribution in [1.29, 1.82) is 5.26 Å². The van der Waals surface area contributed by atoms with Crippen LogP contribution in [0.1, 0.15) is 20.3 Å². The van der Waals surface area contributed by atoms with Crippen LogP contribution in [0.2, 0.25) is 0 Å². The van der Waals surface area contributed by atoms with Crippen molar-refractivity contribution in [3.05, 3.63) is 35.0 Å². The minimum Gasteiger partial charge on any atom is -0.497 e. The van der Waals surface area contributed by atoms with Gasteiger partial charge in [0.15, 0.2) is 0 Å². The van der Waals surface area contributed by atoms with Crippen molar-refractivity contribution >= 4 is 22.9 Å². The van der Waals surface area contributed by atoms with Crippen molar-refractivity contribution in [2.75, 3.05) is 19.0 Å². The van der Waals surface area contributed by atoms with E-state index in [1.165, 1.54) is 0 Å². The van der Waals surface area contributed by atoms with Crippen LogP contribution in [0.5, 0.6) is 5.75 Å². The molecule has 6 heteroatoms. The van der Waals surface area contributed by atoms with E-state index < -0.39 is 0 Å².